The van der Waals surface area contributed by atoms with Crippen molar-refractivity contribution in [2.75, 3.05) is 32.7 Å². The number of sulfonamides is 1. The highest BCUT2D eigenvalue weighted by Gasteiger charge is 2.43. The summed E-state index contributed by atoms with van der Waals surface area (Å²) in [5, 5.41) is 3.42. The fourth-order valence-corrected chi connectivity index (χ4v) is 7.55. The van der Waals surface area contributed by atoms with Crippen molar-refractivity contribution in [2.45, 2.75) is 62.6 Å². The van der Waals surface area contributed by atoms with Crippen LogP contribution in [0.3, 0.4) is 0 Å². The highest BCUT2D eigenvalue weighted by Crippen LogP contribution is 2.47. The SMILES string of the molecule is CCNC(=NCc1ccc(S(=O)(=O)N2CCCCC2)s1)N1CCC2(CCC2)C1.I. The first-order chi connectivity index (χ1) is 13.5. The van der Waals surface area contributed by atoms with E-state index in [1.807, 2.05) is 6.07 Å². The van der Waals surface area contributed by atoms with Gasteiger partial charge in [0.15, 0.2) is 5.96 Å². The van der Waals surface area contributed by atoms with E-state index in [-0.39, 0.29) is 24.0 Å². The number of hydrogen-bond donors (Lipinski definition) is 1. The van der Waals surface area contributed by atoms with Crippen LogP contribution >= 0.6 is 35.3 Å². The van der Waals surface area contributed by atoms with E-state index in [9.17, 15) is 8.42 Å². The zero-order chi connectivity index (χ0) is 19.6. The Morgan fingerprint density at radius 3 is 2.52 bits per heavy atom. The third-order valence-electron chi connectivity index (χ3n) is 6.42. The van der Waals surface area contributed by atoms with E-state index < -0.39 is 10.0 Å². The van der Waals surface area contributed by atoms with Crippen LogP contribution in [0.2, 0.25) is 0 Å². The first kappa shape index (κ1) is 23.3. The Morgan fingerprint density at radius 2 is 1.90 bits per heavy atom. The number of guanidine groups is 1. The molecule has 3 aliphatic rings. The minimum Gasteiger partial charge on any atom is -0.357 e. The number of halogens is 1. The van der Waals surface area contributed by atoms with Gasteiger partial charge < -0.3 is 10.2 Å². The number of hydrogen-bond acceptors (Lipinski definition) is 4. The number of aliphatic imine (C=N–C) groups is 1. The lowest BCUT2D eigenvalue weighted by atomic mass is 9.68. The highest BCUT2D eigenvalue weighted by atomic mass is 127. The standard InChI is InChI=1S/C20H32N4O2S2.HI/c1-2-21-19(23-14-11-20(16-23)9-6-10-20)22-15-17-7-8-18(27-17)28(25,26)24-12-4-3-5-13-24;/h7-8H,2-6,9-16H2,1H3,(H,21,22);1H. The summed E-state index contributed by atoms with van der Waals surface area (Å²) in [4.78, 5) is 8.22. The molecule has 3 heterocycles. The molecule has 1 spiro atoms. The average Bonchev–Trinajstić information content (AvgIpc) is 3.33. The lowest BCUT2D eigenvalue weighted by molar-refractivity contribution is 0.151. The second-order valence-corrected chi connectivity index (χ2v) is 11.7. The largest absolute Gasteiger partial charge is 0.357 e. The predicted octanol–water partition coefficient (Wildman–Crippen LogP) is 3.88. The molecule has 0 bridgehead atoms. The topological polar surface area (TPSA) is 65.0 Å². The van der Waals surface area contributed by atoms with Crippen LogP contribution in [0.1, 0.15) is 56.7 Å². The van der Waals surface area contributed by atoms with E-state index in [1.54, 1.807) is 10.4 Å². The summed E-state index contributed by atoms with van der Waals surface area (Å²) >= 11 is 1.37. The summed E-state index contributed by atoms with van der Waals surface area (Å²) in [5.41, 5.74) is 0.537. The van der Waals surface area contributed by atoms with Crippen LogP contribution in [0.5, 0.6) is 0 Å². The van der Waals surface area contributed by atoms with Crippen LogP contribution in [-0.4, -0.2) is 56.3 Å². The van der Waals surface area contributed by atoms with Crippen molar-refractivity contribution < 1.29 is 8.42 Å². The molecule has 1 aromatic heterocycles. The van der Waals surface area contributed by atoms with Crippen LogP contribution in [0, 0.1) is 5.41 Å². The van der Waals surface area contributed by atoms with Crippen molar-refractivity contribution in [2.24, 2.45) is 10.4 Å². The number of nitrogens with one attached hydrogen (secondary N) is 1. The molecule has 3 fully saturated rings. The van der Waals surface area contributed by atoms with E-state index in [4.69, 9.17) is 4.99 Å². The van der Waals surface area contributed by atoms with Crippen molar-refractivity contribution >= 4 is 51.3 Å². The number of piperidine rings is 1. The summed E-state index contributed by atoms with van der Waals surface area (Å²) in [5.74, 6) is 0.972. The molecule has 1 aliphatic carbocycles. The summed E-state index contributed by atoms with van der Waals surface area (Å²) < 4.78 is 27.8. The molecule has 164 valence electrons. The molecule has 0 unspecified atom stereocenters. The molecule has 1 saturated carbocycles. The van der Waals surface area contributed by atoms with E-state index in [1.165, 1.54) is 37.0 Å². The first-order valence-electron chi connectivity index (χ1n) is 10.6. The zero-order valence-electron chi connectivity index (χ0n) is 17.2. The maximum absolute atomic E-state index is 12.8. The summed E-state index contributed by atoms with van der Waals surface area (Å²) in [6.45, 7) is 6.96. The number of thiophene rings is 1. The lowest BCUT2D eigenvalue weighted by Gasteiger charge is -2.38. The lowest BCUT2D eigenvalue weighted by Crippen LogP contribution is -2.42. The zero-order valence-corrected chi connectivity index (χ0v) is 21.2. The second-order valence-electron chi connectivity index (χ2n) is 8.38. The first-order valence-corrected chi connectivity index (χ1v) is 12.9. The molecule has 0 radical (unpaired) electrons. The minimum absolute atomic E-state index is 0. The highest BCUT2D eigenvalue weighted by molar-refractivity contribution is 14.0. The molecule has 0 atom stereocenters. The predicted molar refractivity (Wildman–Crippen MR) is 130 cm³/mol. The van der Waals surface area contributed by atoms with Gasteiger partial charge in [0.2, 0.25) is 0 Å². The molecule has 4 rings (SSSR count). The van der Waals surface area contributed by atoms with E-state index >= 15 is 0 Å². The summed E-state index contributed by atoms with van der Waals surface area (Å²) in [7, 11) is -3.34. The van der Waals surface area contributed by atoms with Gasteiger partial charge in [-0.3, -0.25) is 0 Å². The molecule has 0 aromatic carbocycles. The van der Waals surface area contributed by atoms with Crippen LogP contribution in [0.4, 0.5) is 0 Å². The van der Waals surface area contributed by atoms with Gasteiger partial charge in [0.25, 0.3) is 10.0 Å². The van der Waals surface area contributed by atoms with Crippen LogP contribution in [0.25, 0.3) is 0 Å². The number of rotatable bonds is 5. The summed E-state index contributed by atoms with van der Waals surface area (Å²) in [6, 6.07) is 3.68. The molecule has 9 heteroatoms. The monoisotopic (exact) mass is 552 g/mol. The Labute approximate surface area is 196 Å². The fraction of sp³-hybridized carbons (Fsp3) is 0.750. The average molecular weight is 553 g/mol. The molecular formula is C20H33IN4O2S2. The van der Waals surface area contributed by atoms with Gasteiger partial charge in [-0.2, -0.15) is 4.31 Å². The molecule has 2 saturated heterocycles. The third kappa shape index (κ3) is 5.10. The van der Waals surface area contributed by atoms with E-state index in [0.717, 1.165) is 49.7 Å². The Balaban J connectivity index is 0.00000240. The van der Waals surface area contributed by atoms with Gasteiger partial charge in [0, 0.05) is 37.6 Å². The van der Waals surface area contributed by atoms with Crippen molar-refractivity contribution in [1.29, 1.82) is 0 Å². The van der Waals surface area contributed by atoms with Crippen LogP contribution in [0.15, 0.2) is 21.3 Å². The second kappa shape index (κ2) is 9.82. The molecule has 1 N–H and O–H groups in total. The molecule has 2 aliphatic heterocycles. The van der Waals surface area contributed by atoms with Crippen molar-refractivity contribution in [3.63, 3.8) is 0 Å². The van der Waals surface area contributed by atoms with E-state index in [0.29, 0.717) is 29.3 Å². The van der Waals surface area contributed by atoms with Crippen molar-refractivity contribution in [1.82, 2.24) is 14.5 Å². The Bertz CT molecular complexity index is 814. The maximum atomic E-state index is 12.8. The van der Waals surface area contributed by atoms with Gasteiger partial charge in [0.05, 0.1) is 6.54 Å². The molecule has 0 amide bonds. The fourth-order valence-electron chi connectivity index (χ4n) is 4.59. The number of likely N-dealkylation sites (tertiary alicyclic amines) is 1. The van der Waals surface area contributed by atoms with Crippen LogP contribution < -0.4 is 5.32 Å². The normalized spacial score (nSPS) is 22.4. The maximum Gasteiger partial charge on any atom is 0.252 e. The van der Waals surface area contributed by atoms with Gasteiger partial charge in [-0.15, -0.1) is 35.3 Å². The summed E-state index contributed by atoms with van der Waals surface area (Å²) in [6.07, 6.45) is 8.40. The molecule has 1 aromatic rings. The molecular weight excluding hydrogens is 519 g/mol. The Hall–Kier alpha value is -0.390. The van der Waals surface area contributed by atoms with Crippen LogP contribution in [-0.2, 0) is 16.6 Å². The van der Waals surface area contributed by atoms with Gasteiger partial charge >= 0.3 is 0 Å². The van der Waals surface area contributed by atoms with Crippen molar-refractivity contribution in [3.05, 3.63) is 17.0 Å². The smallest absolute Gasteiger partial charge is 0.252 e. The van der Waals surface area contributed by atoms with E-state index in [2.05, 4.69) is 17.1 Å². The Morgan fingerprint density at radius 1 is 1.14 bits per heavy atom. The van der Waals surface area contributed by atoms with Gasteiger partial charge in [0.1, 0.15) is 4.21 Å². The van der Waals surface area contributed by atoms with Crippen molar-refractivity contribution in [3.8, 4) is 0 Å². The quantitative estimate of drug-likeness (QED) is 0.342. The molecule has 29 heavy (non-hydrogen) atoms. The van der Waals surface area contributed by atoms with Gasteiger partial charge in [-0.05, 0) is 56.6 Å². The molecule has 6 nitrogen and oxygen atoms in total. The third-order valence-corrected chi connectivity index (χ3v) is 9.85. The number of nitrogens with zero attached hydrogens (tertiary/aromatic N) is 3. The van der Waals surface area contributed by atoms with Gasteiger partial charge in [-0.25, -0.2) is 13.4 Å². The minimum atomic E-state index is -3.34. The van der Waals surface area contributed by atoms with Gasteiger partial charge in [-0.1, -0.05) is 12.8 Å². The Kier molecular flexibility index (Phi) is 7.89.